The third kappa shape index (κ3) is 4.39. The highest BCUT2D eigenvalue weighted by atomic mass is 35.5. The molecule has 1 atom stereocenters. The van der Waals surface area contributed by atoms with Crippen molar-refractivity contribution in [2.75, 3.05) is 5.88 Å². The van der Waals surface area contributed by atoms with Gasteiger partial charge >= 0.3 is 0 Å². The van der Waals surface area contributed by atoms with Crippen LogP contribution in [0.3, 0.4) is 0 Å². The fourth-order valence-corrected chi connectivity index (χ4v) is 2.02. The van der Waals surface area contributed by atoms with E-state index in [1.165, 1.54) is 0 Å². The van der Waals surface area contributed by atoms with Gasteiger partial charge in [-0.1, -0.05) is 32.0 Å². The third-order valence-electron chi connectivity index (χ3n) is 2.67. The van der Waals surface area contributed by atoms with E-state index < -0.39 is 0 Å². The average Bonchev–Trinajstić information content (AvgIpc) is 2.27. The minimum atomic E-state index is -0.0330. The largest absolute Gasteiger partial charge is 0.348 e. The van der Waals surface area contributed by atoms with Crippen LogP contribution in [0, 0.1) is 12.8 Å². The van der Waals surface area contributed by atoms with E-state index in [4.69, 9.17) is 11.6 Å². The van der Waals surface area contributed by atoms with Gasteiger partial charge in [-0.15, -0.1) is 11.6 Å². The summed E-state index contributed by atoms with van der Waals surface area (Å²) in [6.07, 6.45) is 0.904. The molecule has 0 spiro atoms. The van der Waals surface area contributed by atoms with Gasteiger partial charge in [0.2, 0.25) is 0 Å². The molecule has 0 radical (unpaired) electrons. The fraction of sp³-hybridized carbons (Fsp3) is 0.500. The Morgan fingerprint density at radius 3 is 2.53 bits per heavy atom. The average molecular weight is 254 g/mol. The Bertz CT molecular complexity index is 376. The summed E-state index contributed by atoms with van der Waals surface area (Å²) < 4.78 is 0. The normalized spacial score (nSPS) is 12.5. The van der Waals surface area contributed by atoms with E-state index in [1.54, 1.807) is 0 Å². The number of amides is 1. The zero-order valence-corrected chi connectivity index (χ0v) is 11.4. The van der Waals surface area contributed by atoms with Crippen LogP contribution in [0.2, 0.25) is 0 Å². The summed E-state index contributed by atoms with van der Waals surface area (Å²) in [5.74, 6) is 0.945. The number of carbonyl (C=O) groups is 1. The minimum absolute atomic E-state index is 0.0330. The van der Waals surface area contributed by atoms with Gasteiger partial charge in [-0.3, -0.25) is 4.79 Å². The number of aryl methyl sites for hydroxylation is 1. The van der Waals surface area contributed by atoms with Gasteiger partial charge in [-0.2, -0.15) is 0 Å². The molecule has 0 aliphatic heterocycles. The van der Waals surface area contributed by atoms with Crippen LogP contribution in [0.15, 0.2) is 24.3 Å². The number of rotatable bonds is 5. The molecule has 1 N–H and O–H groups in total. The monoisotopic (exact) mass is 253 g/mol. The van der Waals surface area contributed by atoms with Gasteiger partial charge in [-0.05, 0) is 30.9 Å². The number of benzene rings is 1. The first-order chi connectivity index (χ1) is 8.04. The summed E-state index contributed by atoms with van der Waals surface area (Å²) in [6.45, 7) is 6.19. The molecule has 0 heterocycles. The Hall–Kier alpha value is -1.02. The molecule has 3 heteroatoms. The standard InChI is InChI=1S/C14H20ClNO/c1-10(2)8-12(9-15)16-14(17)13-7-5-4-6-11(13)3/h4-7,10,12H,8-9H2,1-3H3,(H,16,17). The van der Waals surface area contributed by atoms with Crippen LogP contribution in [-0.2, 0) is 0 Å². The molecule has 0 saturated heterocycles. The molecule has 0 saturated carbocycles. The molecule has 0 bridgehead atoms. The lowest BCUT2D eigenvalue weighted by atomic mass is 10.0. The number of alkyl halides is 1. The summed E-state index contributed by atoms with van der Waals surface area (Å²) in [6, 6.07) is 7.63. The van der Waals surface area contributed by atoms with E-state index in [9.17, 15) is 4.79 Å². The molecule has 1 aromatic rings. The van der Waals surface area contributed by atoms with Crippen molar-refractivity contribution in [3.05, 3.63) is 35.4 Å². The first-order valence-corrected chi connectivity index (χ1v) is 6.50. The molecule has 1 unspecified atom stereocenters. The van der Waals surface area contributed by atoms with Crippen LogP contribution in [0.5, 0.6) is 0 Å². The van der Waals surface area contributed by atoms with E-state index in [0.29, 0.717) is 11.8 Å². The lowest BCUT2D eigenvalue weighted by molar-refractivity contribution is 0.0936. The van der Waals surface area contributed by atoms with Gasteiger partial charge in [0.1, 0.15) is 0 Å². The third-order valence-corrected chi connectivity index (χ3v) is 3.04. The van der Waals surface area contributed by atoms with E-state index in [0.717, 1.165) is 17.5 Å². The molecular weight excluding hydrogens is 234 g/mol. The number of halogens is 1. The van der Waals surface area contributed by atoms with Gasteiger partial charge in [0, 0.05) is 17.5 Å². The molecule has 1 aromatic carbocycles. The lowest BCUT2D eigenvalue weighted by Crippen LogP contribution is -2.37. The Labute approximate surface area is 108 Å². The molecular formula is C14H20ClNO. The molecule has 17 heavy (non-hydrogen) atoms. The summed E-state index contributed by atoms with van der Waals surface area (Å²) in [5, 5.41) is 2.98. The van der Waals surface area contributed by atoms with Crippen molar-refractivity contribution in [2.24, 2.45) is 5.92 Å². The van der Waals surface area contributed by atoms with Crippen molar-refractivity contribution >= 4 is 17.5 Å². The van der Waals surface area contributed by atoms with E-state index in [-0.39, 0.29) is 11.9 Å². The van der Waals surface area contributed by atoms with Crippen LogP contribution in [0.25, 0.3) is 0 Å². The Kier molecular flexibility index (Phi) is 5.49. The Morgan fingerprint density at radius 1 is 1.35 bits per heavy atom. The highest BCUT2D eigenvalue weighted by Crippen LogP contribution is 2.10. The van der Waals surface area contributed by atoms with E-state index >= 15 is 0 Å². The molecule has 0 aliphatic rings. The molecule has 0 aliphatic carbocycles. The van der Waals surface area contributed by atoms with Crippen molar-refractivity contribution < 1.29 is 4.79 Å². The van der Waals surface area contributed by atoms with Gasteiger partial charge in [0.25, 0.3) is 5.91 Å². The Balaban J connectivity index is 2.68. The number of carbonyl (C=O) groups excluding carboxylic acids is 1. The summed E-state index contributed by atoms with van der Waals surface area (Å²) >= 11 is 5.87. The maximum absolute atomic E-state index is 12.0. The fourth-order valence-electron chi connectivity index (χ4n) is 1.82. The molecule has 94 valence electrons. The number of hydrogen-bond donors (Lipinski definition) is 1. The zero-order valence-electron chi connectivity index (χ0n) is 10.7. The number of hydrogen-bond acceptors (Lipinski definition) is 1. The first-order valence-electron chi connectivity index (χ1n) is 5.97. The molecule has 1 rings (SSSR count). The highest BCUT2D eigenvalue weighted by Gasteiger charge is 2.15. The Morgan fingerprint density at radius 2 is 2.00 bits per heavy atom. The van der Waals surface area contributed by atoms with Crippen molar-refractivity contribution in [2.45, 2.75) is 33.2 Å². The predicted molar refractivity (Wildman–Crippen MR) is 72.6 cm³/mol. The maximum atomic E-state index is 12.0. The van der Waals surface area contributed by atoms with Gasteiger partial charge in [0.15, 0.2) is 0 Å². The first kappa shape index (κ1) is 14.0. The van der Waals surface area contributed by atoms with Crippen LogP contribution >= 0.6 is 11.6 Å². The summed E-state index contributed by atoms with van der Waals surface area (Å²) in [4.78, 5) is 12.0. The van der Waals surface area contributed by atoms with Gasteiger partial charge in [0.05, 0.1) is 0 Å². The molecule has 0 fully saturated rings. The topological polar surface area (TPSA) is 29.1 Å². The summed E-state index contributed by atoms with van der Waals surface area (Å²) in [7, 11) is 0. The van der Waals surface area contributed by atoms with Gasteiger partial charge < -0.3 is 5.32 Å². The zero-order chi connectivity index (χ0) is 12.8. The second kappa shape index (κ2) is 6.65. The molecule has 1 amide bonds. The molecule has 0 aromatic heterocycles. The van der Waals surface area contributed by atoms with Crippen molar-refractivity contribution in [3.8, 4) is 0 Å². The lowest BCUT2D eigenvalue weighted by Gasteiger charge is -2.18. The smallest absolute Gasteiger partial charge is 0.251 e. The van der Waals surface area contributed by atoms with Crippen molar-refractivity contribution in [1.82, 2.24) is 5.32 Å². The second-order valence-electron chi connectivity index (χ2n) is 4.77. The minimum Gasteiger partial charge on any atom is -0.348 e. The van der Waals surface area contributed by atoms with E-state index in [2.05, 4.69) is 19.2 Å². The second-order valence-corrected chi connectivity index (χ2v) is 5.08. The van der Waals surface area contributed by atoms with E-state index in [1.807, 2.05) is 31.2 Å². The SMILES string of the molecule is Cc1ccccc1C(=O)NC(CCl)CC(C)C. The van der Waals surface area contributed by atoms with Crippen molar-refractivity contribution in [3.63, 3.8) is 0 Å². The summed E-state index contributed by atoms with van der Waals surface area (Å²) in [5.41, 5.74) is 1.72. The maximum Gasteiger partial charge on any atom is 0.251 e. The van der Waals surface area contributed by atoms with Crippen LogP contribution in [0.4, 0.5) is 0 Å². The molecule has 2 nitrogen and oxygen atoms in total. The van der Waals surface area contributed by atoms with Crippen LogP contribution in [-0.4, -0.2) is 17.8 Å². The van der Waals surface area contributed by atoms with Crippen LogP contribution in [0.1, 0.15) is 36.2 Å². The van der Waals surface area contributed by atoms with Crippen LogP contribution < -0.4 is 5.32 Å². The van der Waals surface area contributed by atoms with Crippen molar-refractivity contribution in [1.29, 1.82) is 0 Å². The predicted octanol–water partition coefficient (Wildman–Crippen LogP) is 3.38. The van der Waals surface area contributed by atoms with Gasteiger partial charge in [-0.25, -0.2) is 0 Å². The quantitative estimate of drug-likeness (QED) is 0.801. The highest BCUT2D eigenvalue weighted by molar-refractivity contribution is 6.18. The number of nitrogens with one attached hydrogen (secondary N) is 1.